The molecular formula is C23H25N5O4. The van der Waals surface area contributed by atoms with Crippen molar-refractivity contribution in [2.24, 2.45) is 0 Å². The number of rotatable bonds is 6. The van der Waals surface area contributed by atoms with Gasteiger partial charge in [0.15, 0.2) is 5.82 Å². The van der Waals surface area contributed by atoms with Gasteiger partial charge in [0.25, 0.3) is 0 Å². The van der Waals surface area contributed by atoms with E-state index in [1.807, 2.05) is 36.4 Å². The molecule has 1 fully saturated rings. The van der Waals surface area contributed by atoms with Gasteiger partial charge in [-0.3, -0.25) is 0 Å². The van der Waals surface area contributed by atoms with Crippen LogP contribution in [0.25, 0.3) is 11.3 Å². The number of hydrogen-bond acceptors (Lipinski definition) is 7. The van der Waals surface area contributed by atoms with Crippen molar-refractivity contribution in [3.63, 3.8) is 0 Å². The smallest absolute Gasteiger partial charge is 0.323 e. The Morgan fingerprint density at radius 1 is 0.969 bits per heavy atom. The molecule has 9 nitrogen and oxygen atoms in total. The van der Waals surface area contributed by atoms with E-state index >= 15 is 0 Å². The van der Waals surface area contributed by atoms with Gasteiger partial charge in [0, 0.05) is 30.4 Å². The fraction of sp³-hybridized carbons (Fsp3) is 0.261. The molecule has 1 aromatic heterocycles. The minimum atomic E-state index is -0.389. The highest BCUT2D eigenvalue weighted by atomic mass is 16.5. The minimum Gasteiger partial charge on any atom is -0.497 e. The molecule has 32 heavy (non-hydrogen) atoms. The number of morpholine rings is 1. The standard InChI is InChI=1S/C23H25N5O4/c1-30-18-6-7-20(21(15-18)31-2)25-23(29)24-17-5-3-4-16(14-17)19-8-9-22(27-26-19)28-10-12-32-13-11-28/h3-9,14-15H,10-13H2,1-2H3,(H2,24,25,29). The first-order valence-electron chi connectivity index (χ1n) is 10.2. The van der Waals surface area contributed by atoms with Crippen LogP contribution in [0.4, 0.5) is 22.0 Å². The van der Waals surface area contributed by atoms with Gasteiger partial charge in [0.2, 0.25) is 0 Å². The summed E-state index contributed by atoms with van der Waals surface area (Å²) in [7, 11) is 3.11. The topological polar surface area (TPSA) is 97.8 Å². The maximum atomic E-state index is 12.5. The summed E-state index contributed by atoms with van der Waals surface area (Å²) in [5.41, 5.74) is 2.74. The highest BCUT2D eigenvalue weighted by molar-refractivity contribution is 6.01. The molecule has 2 amide bonds. The zero-order chi connectivity index (χ0) is 22.3. The van der Waals surface area contributed by atoms with Crippen LogP contribution < -0.4 is 25.0 Å². The summed E-state index contributed by atoms with van der Waals surface area (Å²) in [5, 5.41) is 14.3. The van der Waals surface area contributed by atoms with Gasteiger partial charge in [0.05, 0.1) is 38.8 Å². The molecule has 1 aliphatic heterocycles. The Balaban J connectivity index is 1.43. The van der Waals surface area contributed by atoms with Crippen molar-refractivity contribution in [2.75, 3.05) is 56.1 Å². The molecule has 0 bridgehead atoms. The van der Waals surface area contributed by atoms with E-state index in [-0.39, 0.29) is 6.03 Å². The number of aromatic nitrogens is 2. The van der Waals surface area contributed by atoms with E-state index in [4.69, 9.17) is 14.2 Å². The number of benzene rings is 2. The summed E-state index contributed by atoms with van der Waals surface area (Å²) in [6.45, 7) is 3.01. The lowest BCUT2D eigenvalue weighted by Gasteiger charge is -2.27. The highest BCUT2D eigenvalue weighted by Crippen LogP contribution is 2.29. The van der Waals surface area contributed by atoms with E-state index in [2.05, 4.69) is 25.7 Å². The van der Waals surface area contributed by atoms with Crippen molar-refractivity contribution in [3.8, 4) is 22.8 Å². The number of urea groups is 1. The number of anilines is 3. The van der Waals surface area contributed by atoms with Gasteiger partial charge in [-0.05, 0) is 36.4 Å². The Morgan fingerprint density at radius 3 is 2.53 bits per heavy atom. The molecule has 0 radical (unpaired) electrons. The molecule has 0 unspecified atom stereocenters. The van der Waals surface area contributed by atoms with Crippen LogP contribution in [0.15, 0.2) is 54.6 Å². The average Bonchev–Trinajstić information content (AvgIpc) is 2.85. The average molecular weight is 435 g/mol. The first-order valence-corrected chi connectivity index (χ1v) is 10.2. The number of carbonyl (C=O) groups excluding carboxylic acids is 1. The molecule has 3 aromatic rings. The molecule has 9 heteroatoms. The number of hydrogen-bond donors (Lipinski definition) is 2. The van der Waals surface area contributed by atoms with Crippen LogP contribution in [0.1, 0.15) is 0 Å². The van der Waals surface area contributed by atoms with Gasteiger partial charge in [-0.25, -0.2) is 4.79 Å². The number of carbonyl (C=O) groups is 1. The Bertz CT molecular complexity index is 1070. The van der Waals surface area contributed by atoms with E-state index in [0.717, 1.165) is 30.2 Å². The third-order valence-electron chi connectivity index (χ3n) is 5.06. The van der Waals surface area contributed by atoms with E-state index in [1.54, 1.807) is 25.3 Å². The lowest BCUT2D eigenvalue weighted by atomic mass is 10.1. The first-order chi connectivity index (χ1) is 15.7. The van der Waals surface area contributed by atoms with Crippen molar-refractivity contribution >= 4 is 23.2 Å². The van der Waals surface area contributed by atoms with Crippen molar-refractivity contribution in [1.82, 2.24) is 10.2 Å². The van der Waals surface area contributed by atoms with Crippen LogP contribution in [0.5, 0.6) is 11.5 Å². The zero-order valence-electron chi connectivity index (χ0n) is 18.0. The highest BCUT2D eigenvalue weighted by Gasteiger charge is 2.14. The molecule has 0 spiro atoms. The second kappa shape index (κ2) is 9.97. The van der Waals surface area contributed by atoms with Crippen molar-refractivity contribution < 1.29 is 19.0 Å². The summed E-state index contributed by atoms with van der Waals surface area (Å²) in [5.74, 6) is 1.98. The maximum Gasteiger partial charge on any atom is 0.323 e. The summed E-state index contributed by atoms with van der Waals surface area (Å²) in [6.07, 6.45) is 0. The summed E-state index contributed by atoms with van der Waals surface area (Å²) in [4.78, 5) is 14.7. The Hall–Kier alpha value is -3.85. The van der Waals surface area contributed by atoms with Crippen LogP contribution in [-0.2, 0) is 4.74 Å². The molecule has 2 heterocycles. The van der Waals surface area contributed by atoms with E-state index < -0.39 is 0 Å². The van der Waals surface area contributed by atoms with Crippen LogP contribution in [0.2, 0.25) is 0 Å². The Morgan fingerprint density at radius 2 is 1.81 bits per heavy atom. The van der Waals surface area contributed by atoms with Crippen molar-refractivity contribution in [3.05, 3.63) is 54.6 Å². The molecule has 1 aliphatic rings. The largest absolute Gasteiger partial charge is 0.497 e. The van der Waals surface area contributed by atoms with Gasteiger partial charge in [-0.15, -0.1) is 10.2 Å². The van der Waals surface area contributed by atoms with Gasteiger partial charge in [-0.1, -0.05) is 12.1 Å². The lowest BCUT2D eigenvalue weighted by molar-refractivity contribution is 0.122. The fourth-order valence-electron chi connectivity index (χ4n) is 3.38. The van der Waals surface area contributed by atoms with Crippen LogP contribution in [0.3, 0.4) is 0 Å². The summed E-state index contributed by atoms with van der Waals surface area (Å²) in [6, 6.07) is 16.1. The Labute approximate surface area is 186 Å². The number of ether oxygens (including phenoxy) is 3. The molecule has 2 N–H and O–H groups in total. The lowest BCUT2D eigenvalue weighted by Crippen LogP contribution is -2.36. The third-order valence-corrected chi connectivity index (χ3v) is 5.06. The minimum absolute atomic E-state index is 0.389. The van der Waals surface area contributed by atoms with Crippen LogP contribution in [0, 0.1) is 0 Å². The van der Waals surface area contributed by atoms with Crippen molar-refractivity contribution in [1.29, 1.82) is 0 Å². The maximum absolute atomic E-state index is 12.5. The second-order valence-corrected chi connectivity index (χ2v) is 7.10. The van der Waals surface area contributed by atoms with Crippen molar-refractivity contribution in [2.45, 2.75) is 0 Å². The molecule has 166 valence electrons. The predicted molar refractivity (Wildman–Crippen MR) is 123 cm³/mol. The number of methoxy groups -OCH3 is 2. The normalized spacial score (nSPS) is 13.4. The van der Waals surface area contributed by atoms with E-state index in [0.29, 0.717) is 36.1 Å². The number of nitrogens with one attached hydrogen (secondary N) is 2. The molecule has 4 rings (SSSR count). The zero-order valence-corrected chi connectivity index (χ0v) is 18.0. The monoisotopic (exact) mass is 435 g/mol. The van der Waals surface area contributed by atoms with E-state index in [9.17, 15) is 4.79 Å². The first kappa shape index (κ1) is 21.4. The Kier molecular flexibility index (Phi) is 6.66. The van der Waals surface area contributed by atoms with Gasteiger partial charge in [0.1, 0.15) is 11.5 Å². The molecule has 0 saturated carbocycles. The second-order valence-electron chi connectivity index (χ2n) is 7.10. The van der Waals surface area contributed by atoms with Gasteiger partial charge >= 0.3 is 6.03 Å². The third kappa shape index (κ3) is 5.06. The molecule has 2 aromatic carbocycles. The number of amides is 2. The quantitative estimate of drug-likeness (QED) is 0.610. The molecular weight excluding hydrogens is 410 g/mol. The van der Waals surface area contributed by atoms with Crippen LogP contribution in [-0.4, -0.2) is 56.8 Å². The SMILES string of the molecule is COc1ccc(NC(=O)Nc2cccc(-c3ccc(N4CCOCC4)nn3)c2)c(OC)c1. The van der Waals surface area contributed by atoms with Gasteiger partial charge < -0.3 is 29.7 Å². The fourth-order valence-corrected chi connectivity index (χ4v) is 3.38. The molecule has 1 saturated heterocycles. The van der Waals surface area contributed by atoms with Crippen LogP contribution >= 0.6 is 0 Å². The molecule has 0 aliphatic carbocycles. The molecule has 0 atom stereocenters. The predicted octanol–water partition coefficient (Wildman–Crippen LogP) is 3.64. The van der Waals surface area contributed by atoms with Gasteiger partial charge in [-0.2, -0.15) is 0 Å². The number of nitrogens with zero attached hydrogens (tertiary/aromatic N) is 3. The van der Waals surface area contributed by atoms with E-state index in [1.165, 1.54) is 7.11 Å². The summed E-state index contributed by atoms with van der Waals surface area (Å²) >= 11 is 0. The summed E-state index contributed by atoms with van der Waals surface area (Å²) < 4.78 is 15.9.